The molecule has 1 aromatic carbocycles. The highest BCUT2D eigenvalue weighted by molar-refractivity contribution is 5.89. The number of carbonyl (C=O) groups is 2. The minimum atomic E-state index is -0.695. The smallest absolute Gasteiger partial charge is 0.331 e. The summed E-state index contributed by atoms with van der Waals surface area (Å²) in [6.45, 7) is -0.229. The first-order valence-electron chi connectivity index (χ1n) is 5.18. The summed E-state index contributed by atoms with van der Waals surface area (Å²) in [4.78, 5) is 21.6. The molecule has 1 amide bonds. The fourth-order valence-corrected chi connectivity index (χ4v) is 1.37. The van der Waals surface area contributed by atoms with Crippen molar-refractivity contribution in [2.75, 3.05) is 13.4 Å². The predicted molar refractivity (Wildman–Crippen MR) is 61.8 cm³/mol. The lowest BCUT2D eigenvalue weighted by molar-refractivity contribution is -0.142. The first-order chi connectivity index (χ1) is 8.65. The van der Waals surface area contributed by atoms with E-state index in [9.17, 15) is 9.59 Å². The van der Waals surface area contributed by atoms with Crippen LogP contribution in [0, 0.1) is 0 Å². The van der Waals surface area contributed by atoms with Crippen molar-refractivity contribution >= 4 is 18.0 Å². The zero-order valence-electron chi connectivity index (χ0n) is 9.42. The Labute approximate surface area is 103 Å². The van der Waals surface area contributed by atoms with Gasteiger partial charge in [0.15, 0.2) is 18.1 Å². The number of hydrogen-bond donors (Lipinski definition) is 1. The van der Waals surface area contributed by atoms with Gasteiger partial charge in [0.05, 0.1) is 0 Å². The van der Waals surface area contributed by atoms with Crippen molar-refractivity contribution < 1.29 is 23.8 Å². The molecule has 0 saturated carbocycles. The van der Waals surface area contributed by atoms with E-state index in [1.54, 1.807) is 24.3 Å². The third kappa shape index (κ3) is 3.00. The van der Waals surface area contributed by atoms with Gasteiger partial charge in [-0.25, -0.2) is 4.79 Å². The lowest BCUT2D eigenvalue weighted by Gasteiger charge is -1.98. The molecule has 0 unspecified atom stereocenters. The summed E-state index contributed by atoms with van der Waals surface area (Å²) in [6, 6.07) is 5.25. The first kappa shape index (κ1) is 12.0. The molecule has 0 saturated heterocycles. The van der Waals surface area contributed by atoms with Gasteiger partial charge in [-0.15, -0.1) is 0 Å². The number of benzene rings is 1. The molecular weight excluding hydrogens is 238 g/mol. The minimum absolute atomic E-state index is 0.198. The van der Waals surface area contributed by atoms with Crippen molar-refractivity contribution in [3.63, 3.8) is 0 Å². The normalized spacial score (nSPS) is 12.7. The van der Waals surface area contributed by atoms with Gasteiger partial charge in [-0.2, -0.15) is 0 Å². The van der Waals surface area contributed by atoms with Crippen molar-refractivity contribution in [3.05, 3.63) is 29.8 Å². The molecule has 2 N–H and O–H groups in total. The molecule has 2 rings (SSSR count). The van der Waals surface area contributed by atoms with Crippen LogP contribution < -0.4 is 15.2 Å². The Kier molecular flexibility index (Phi) is 3.47. The quantitative estimate of drug-likeness (QED) is 0.618. The van der Waals surface area contributed by atoms with E-state index >= 15 is 0 Å². The predicted octanol–water partition coefficient (Wildman–Crippen LogP) is 0.457. The van der Waals surface area contributed by atoms with E-state index in [0.29, 0.717) is 11.5 Å². The Balaban J connectivity index is 1.96. The highest BCUT2D eigenvalue weighted by Crippen LogP contribution is 2.32. The summed E-state index contributed by atoms with van der Waals surface area (Å²) >= 11 is 0. The summed E-state index contributed by atoms with van der Waals surface area (Å²) in [5.74, 6) is -0.0302. The van der Waals surface area contributed by atoms with Crippen LogP contribution in [0.15, 0.2) is 24.3 Å². The van der Waals surface area contributed by atoms with Gasteiger partial charge < -0.3 is 19.9 Å². The van der Waals surface area contributed by atoms with E-state index in [2.05, 4.69) is 4.74 Å². The number of ether oxygens (including phenoxy) is 3. The summed E-state index contributed by atoms with van der Waals surface area (Å²) in [6.07, 6.45) is 2.76. The van der Waals surface area contributed by atoms with E-state index in [1.165, 1.54) is 6.08 Å². The molecule has 0 fully saturated rings. The summed E-state index contributed by atoms with van der Waals surface area (Å²) < 4.78 is 14.9. The van der Waals surface area contributed by atoms with Crippen LogP contribution in [-0.4, -0.2) is 25.3 Å². The Morgan fingerprint density at radius 3 is 2.89 bits per heavy atom. The molecule has 6 heteroatoms. The van der Waals surface area contributed by atoms with Crippen LogP contribution in [0.4, 0.5) is 0 Å². The molecule has 1 aliphatic heterocycles. The lowest BCUT2D eigenvalue weighted by Crippen LogP contribution is -2.19. The van der Waals surface area contributed by atoms with Crippen LogP contribution in [0.1, 0.15) is 5.56 Å². The topological polar surface area (TPSA) is 87.9 Å². The highest BCUT2D eigenvalue weighted by atomic mass is 16.7. The van der Waals surface area contributed by atoms with E-state index in [-0.39, 0.29) is 6.79 Å². The van der Waals surface area contributed by atoms with Crippen LogP contribution >= 0.6 is 0 Å². The Morgan fingerprint density at radius 1 is 1.33 bits per heavy atom. The molecule has 0 bridgehead atoms. The van der Waals surface area contributed by atoms with Gasteiger partial charge in [0.1, 0.15) is 0 Å². The monoisotopic (exact) mass is 249 g/mol. The van der Waals surface area contributed by atoms with Gasteiger partial charge >= 0.3 is 5.97 Å². The van der Waals surface area contributed by atoms with Crippen LogP contribution in [0.5, 0.6) is 11.5 Å². The Hall–Kier alpha value is -2.50. The lowest BCUT2D eigenvalue weighted by atomic mass is 10.2. The summed E-state index contributed by atoms with van der Waals surface area (Å²) in [5.41, 5.74) is 5.60. The van der Waals surface area contributed by atoms with Crippen molar-refractivity contribution in [1.29, 1.82) is 0 Å². The number of fused-ring (bicyclic) bond motifs is 1. The maximum atomic E-state index is 11.2. The number of rotatable bonds is 4. The number of hydrogen-bond acceptors (Lipinski definition) is 5. The third-order valence-electron chi connectivity index (χ3n) is 2.17. The fraction of sp³-hybridized carbons (Fsp3) is 0.167. The van der Waals surface area contributed by atoms with E-state index in [1.807, 2.05) is 0 Å². The van der Waals surface area contributed by atoms with Crippen LogP contribution in [0.25, 0.3) is 6.08 Å². The highest BCUT2D eigenvalue weighted by Gasteiger charge is 2.12. The Morgan fingerprint density at radius 2 is 2.11 bits per heavy atom. The average Bonchev–Trinajstić information content (AvgIpc) is 2.81. The minimum Gasteiger partial charge on any atom is -0.454 e. The zero-order chi connectivity index (χ0) is 13.0. The molecule has 0 aromatic heterocycles. The number of nitrogens with two attached hydrogens (primary N) is 1. The number of primary amides is 1. The van der Waals surface area contributed by atoms with Crippen molar-refractivity contribution in [3.8, 4) is 11.5 Å². The van der Waals surface area contributed by atoms with Crippen molar-refractivity contribution in [1.82, 2.24) is 0 Å². The van der Waals surface area contributed by atoms with Crippen LogP contribution in [-0.2, 0) is 14.3 Å². The molecule has 18 heavy (non-hydrogen) atoms. The third-order valence-corrected chi connectivity index (χ3v) is 2.17. The SMILES string of the molecule is NC(=O)COC(=O)/C=C/c1ccc2c(c1)OCO2. The van der Waals surface area contributed by atoms with Crippen LogP contribution in [0.2, 0.25) is 0 Å². The molecule has 1 aliphatic rings. The fourth-order valence-electron chi connectivity index (χ4n) is 1.37. The molecular formula is C12H11NO5. The second-order valence-corrected chi connectivity index (χ2v) is 3.52. The average molecular weight is 249 g/mol. The van der Waals surface area contributed by atoms with Gasteiger partial charge in [0.25, 0.3) is 5.91 Å². The molecule has 0 radical (unpaired) electrons. The van der Waals surface area contributed by atoms with E-state index in [0.717, 1.165) is 5.56 Å². The molecule has 0 atom stereocenters. The second kappa shape index (κ2) is 5.22. The maximum Gasteiger partial charge on any atom is 0.331 e. The summed E-state index contributed by atoms with van der Waals surface area (Å²) in [5, 5.41) is 0. The molecule has 94 valence electrons. The van der Waals surface area contributed by atoms with Gasteiger partial charge in [-0.05, 0) is 23.8 Å². The van der Waals surface area contributed by atoms with E-state index < -0.39 is 18.5 Å². The summed E-state index contributed by atoms with van der Waals surface area (Å²) in [7, 11) is 0. The van der Waals surface area contributed by atoms with Crippen LogP contribution in [0.3, 0.4) is 0 Å². The maximum absolute atomic E-state index is 11.2. The number of esters is 1. The zero-order valence-corrected chi connectivity index (χ0v) is 9.42. The molecule has 6 nitrogen and oxygen atoms in total. The standard InChI is InChI=1S/C12H11NO5/c13-11(14)6-16-12(15)4-2-8-1-3-9-10(5-8)18-7-17-9/h1-5H,6-7H2,(H2,13,14)/b4-2+. The van der Waals surface area contributed by atoms with Gasteiger partial charge in [-0.1, -0.05) is 6.07 Å². The number of carbonyl (C=O) groups excluding carboxylic acids is 2. The Bertz CT molecular complexity index is 509. The molecule has 1 heterocycles. The van der Waals surface area contributed by atoms with Gasteiger partial charge in [0, 0.05) is 6.08 Å². The largest absolute Gasteiger partial charge is 0.454 e. The molecule has 0 spiro atoms. The van der Waals surface area contributed by atoms with Gasteiger partial charge in [0.2, 0.25) is 6.79 Å². The number of amides is 1. The molecule has 1 aromatic rings. The van der Waals surface area contributed by atoms with Crippen molar-refractivity contribution in [2.45, 2.75) is 0 Å². The van der Waals surface area contributed by atoms with Crippen molar-refractivity contribution in [2.24, 2.45) is 5.73 Å². The first-order valence-corrected chi connectivity index (χ1v) is 5.18. The van der Waals surface area contributed by atoms with E-state index in [4.69, 9.17) is 15.2 Å². The second-order valence-electron chi connectivity index (χ2n) is 3.52. The van der Waals surface area contributed by atoms with Gasteiger partial charge in [-0.3, -0.25) is 4.79 Å². The molecule has 0 aliphatic carbocycles.